The van der Waals surface area contributed by atoms with Gasteiger partial charge in [-0.3, -0.25) is 0 Å². The topological polar surface area (TPSA) is 0 Å². The smallest absolute Gasteiger partial charge is 0.0486 e. The minimum Gasteiger partial charge on any atom is -0.122 e. The van der Waals surface area contributed by atoms with Crippen molar-refractivity contribution < 1.29 is 0 Å². The van der Waals surface area contributed by atoms with E-state index in [0.717, 1.165) is 27.8 Å². The van der Waals surface area contributed by atoms with Gasteiger partial charge in [-0.25, -0.2) is 0 Å². The van der Waals surface area contributed by atoms with E-state index in [0.29, 0.717) is 5.88 Å². The molecule has 0 atom stereocenters. The molecule has 0 fully saturated rings. The number of benzene rings is 2. The van der Waals surface area contributed by atoms with Crippen LogP contribution in [0.1, 0.15) is 16.7 Å². The average Bonchev–Trinajstić information content (AvgIpc) is 2.53. The first-order valence-electron chi connectivity index (χ1n) is 6.50. The molecule has 0 nitrogen and oxygen atoms in total. The van der Waals surface area contributed by atoms with Crippen molar-refractivity contribution in [3.8, 4) is 0 Å². The van der Waals surface area contributed by atoms with Crippen LogP contribution >= 0.6 is 11.6 Å². The van der Waals surface area contributed by atoms with Crippen molar-refractivity contribution in [3.05, 3.63) is 90.5 Å². The highest BCUT2D eigenvalue weighted by atomic mass is 35.5. The predicted molar refractivity (Wildman–Crippen MR) is 90.7 cm³/mol. The Kier molecular flexibility index (Phi) is 4.97. The van der Waals surface area contributed by atoms with E-state index in [1.807, 2.05) is 48.6 Å². The Hall–Kier alpha value is -2.05. The van der Waals surface area contributed by atoms with Crippen LogP contribution in [0.5, 0.6) is 0 Å². The van der Waals surface area contributed by atoms with Crippen molar-refractivity contribution in [1.82, 2.24) is 0 Å². The van der Waals surface area contributed by atoms with Gasteiger partial charge in [-0.2, -0.15) is 0 Å². The summed E-state index contributed by atoms with van der Waals surface area (Å²) in [6, 6.07) is 18.3. The van der Waals surface area contributed by atoms with E-state index in [2.05, 4.69) is 31.4 Å². The summed E-state index contributed by atoms with van der Waals surface area (Å²) >= 11 is 6.19. The Morgan fingerprint density at radius 2 is 1.60 bits per heavy atom. The average molecular weight is 281 g/mol. The Morgan fingerprint density at radius 1 is 0.950 bits per heavy atom. The molecule has 0 radical (unpaired) electrons. The second-order valence-electron chi connectivity index (χ2n) is 4.39. The Bertz CT molecular complexity index is 636. The lowest BCUT2D eigenvalue weighted by Crippen LogP contribution is -1.94. The Balaban J connectivity index is 2.67. The molecule has 0 N–H and O–H groups in total. The number of halogens is 1. The second kappa shape index (κ2) is 6.93. The van der Waals surface area contributed by atoms with Crippen LogP contribution in [0.3, 0.4) is 0 Å². The summed E-state index contributed by atoms with van der Waals surface area (Å²) in [6.45, 7) is 7.83. The third kappa shape index (κ3) is 2.92. The lowest BCUT2D eigenvalue weighted by molar-refractivity contribution is 1.53. The van der Waals surface area contributed by atoms with Crippen LogP contribution in [0.4, 0.5) is 0 Å². The zero-order valence-electron chi connectivity index (χ0n) is 11.4. The first kappa shape index (κ1) is 14.4. The minimum absolute atomic E-state index is 0.441. The minimum atomic E-state index is 0.441. The molecular formula is C19H17Cl. The largest absolute Gasteiger partial charge is 0.122 e. The van der Waals surface area contributed by atoms with E-state index < -0.39 is 0 Å². The molecule has 20 heavy (non-hydrogen) atoms. The molecule has 0 aliphatic carbocycles. The van der Waals surface area contributed by atoms with Crippen molar-refractivity contribution in [2.24, 2.45) is 0 Å². The first-order valence-corrected chi connectivity index (χ1v) is 7.04. The molecule has 0 heterocycles. The fraction of sp³-hybridized carbons (Fsp3) is 0.0526. The molecule has 100 valence electrons. The SMILES string of the molecule is C=CC(=C(CCl)c1ccccc1)c1ccccc1C=C. The summed E-state index contributed by atoms with van der Waals surface area (Å²) in [5, 5.41) is 0. The molecule has 0 aliphatic heterocycles. The summed E-state index contributed by atoms with van der Waals surface area (Å²) in [7, 11) is 0. The van der Waals surface area contributed by atoms with Crippen molar-refractivity contribution in [3.63, 3.8) is 0 Å². The fourth-order valence-corrected chi connectivity index (χ4v) is 2.56. The zero-order chi connectivity index (χ0) is 14.4. The van der Waals surface area contributed by atoms with Crippen LogP contribution in [0.15, 0.2) is 73.8 Å². The van der Waals surface area contributed by atoms with Crippen LogP contribution in [0.2, 0.25) is 0 Å². The van der Waals surface area contributed by atoms with Crippen molar-refractivity contribution >= 4 is 28.8 Å². The highest BCUT2D eigenvalue weighted by molar-refractivity contribution is 6.25. The molecule has 1 heteroatoms. The molecule has 0 aromatic heterocycles. The van der Waals surface area contributed by atoms with Crippen molar-refractivity contribution in [2.45, 2.75) is 0 Å². The molecule has 0 bridgehead atoms. The van der Waals surface area contributed by atoms with Crippen LogP contribution < -0.4 is 0 Å². The van der Waals surface area contributed by atoms with Gasteiger partial charge in [0.2, 0.25) is 0 Å². The number of rotatable bonds is 5. The maximum atomic E-state index is 6.19. The van der Waals surface area contributed by atoms with Gasteiger partial charge < -0.3 is 0 Å². The maximum absolute atomic E-state index is 6.19. The molecular weight excluding hydrogens is 264 g/mol. The second-order valence-corrected chi connectivity index (χ2v) is 4.65. The number of hydrogen-bond donors (Lipinski definition) is 0. The van der Waals surface area contributed by atoms with Gasteiger partial charge in [0.15, 0.2) is 0 Å². The molecule has 0 aliphatic rings. The van der Waals surface area contributed by atoms with Gasteiger partial charge in [-0.15, -0.1) is 11.6 Å². The molecule has 0 spiro atoms. The molecule has 0 saturated heterocycles. The van der Waals surface area contributed by atoms with E-state index in [-0.39, 0.29) is 0 Å². The molecule has 0 unspecified atom stereocenters. The summed E-state index contributed by atoms with van der Waals surface area (Å²) in [5.74, 6) is 0.441. The quantitative estimate of drug-likeness (QED) is 0.376. The van der Waals surface area contributed by atoms with Crippen LogP contribution in [-0.4, -0.2) is 5.88 Å². The van der Waals surface area contributed by atoms with E-state index in [1.54, 1.807) is 0 Å². The molecule has 0 saturated carbocycles. The van der Waals surface area contributed by atoms with Crippen LogP contribution in [0, 0.1) is 0 Å². The van der Waals surface area contributed by atoms with E-state index >= 15 is 0 Å². The van der Waals surface area contributed by atoms with Gasteiger partial charge >= 0.3 is 0 Å². The van der Waals surface area contributed by atoms with Gasteiger partial charge in [-0.1, -0.05) is 79.9 Å². The normalized spacial score (nSPS) is 11.7. The highest BCUT2D eigenvalue weighted by Crippen LogP contribution is 2.30. The lowest BCUT2D eigenvalue weighted by atomic mass is 9.92. The maximum Gasteiger partial charge on any atom is 0.0486 e. The van der Waals surface area contributed by atoms with Gasteiger partial charge in [0.1, 0.15) is 0 Å². The monoisotopic (exact) mass is 280 g/mol. The summed E-state index contributed by atoms with van der Waals surface area (Å²) in [6.07, 6.45) is 3.72. The van der Waals surface area contributed by atoms with Crippen molar-refractivity contribution in [1.29, 1.82) is 0 Å². The van der Waals surface area contributed by atoms with E-state index in [4.69, 9.17) is 11.6 Å². The Morgan fingerprint density at radius 3 is 2.20 bits per heavy atom. The van der Waals surface area contributed by atoms with E-state index in [1.165, 1.54) is 0 Å². The highest BCUT2D eigenvalue weighted by Gasteiger charge is 2.10. The lowest BCUT2D eigenvalue weighted by Gasteiger charge is -2.13. The molecule has 0 amide bonds. The number of allylic oxidation sites excluding steroid dienone is 3. The summed E-state index contributed by atoms with van der Waals surface area (Å²) < 4.78 is 0. The molecule has 2 rings (SSSR count). The summed E-state index contributed by atoms with van der Waals surface area (Å²) in [4.78, 5) is 0. The Labute approximate surface area is 125 Å². The fourth-order valence-electron chi connectivity index (χ4n) is 2.26. The van der Waals surface area contributed by atoms with Crippen LogP contribution in [0.25, 0.3) is 17.2 Å². The third-order valence-corrected chi connectivity index (χ3v) is 3.52. The standard InChI is InChI=1S/C19H17Cl/c1-3-15-10-8-9-13-18(15)17(4-2)19(14-20)16-11-6-5-7-12-16/h3-13H,1-2,14H2. The van der Waals surface area contributed by atoms with Gasteiger partial charge in [0.05, 0.1) is 0 Å². The zero-order valence-corrected chi connectivity index (χ0v) is 12.1. The van der Waals surface area contributed by atoms with Crippen molar-refractivity contribution in [2.75, 3.05) is 5.88 Å². The number of alkyl halides is 1. The predicted octanol–water partition coefficient (Wildman–Crippen LogP) is 5.67. The van der Waals surface area contributed by atoms with Gasteiger partial charge in [0.25, 0.3) is 0 Å². The molecule has 2 aromatic rings. The van der Waals surface area contributed by atoms with Crippen LogP contribution in [-0.2, 0) is 0 Å². The third-order valence-electron chi connectivity index (χ3n) is 3.26. The first-order chi connectivity index (χ1) is 9.81. The number of hydrogen-bond acceptors (Lipinski definition) is 0. The summed E-state index contributed by atoms with van der Waals surface area (Å²) in [5.41, 5.74) is 5.45. The van der Waals surface area contributed by atoms with Gasteiger partial charge in [0, 0.05) is 5.88 Å². The van der Waals surface area contributed by atoms with E-state index in [9.17, 15) is 0 Å². The molecule has 2 aromatic carbocycles. The van der Waals surface area contributed by atoms with Gasteiger partial charge in [-0.05, 0) is 27.8 Å².